The summed E-state index contributed by atoms with van der Waals surface area (Å²) in [6.07, 6.45) is 1.79. The molecule has 1 aromatic carbocycles. The maximum absolute atomic E-state index is 11.1. The number of carbonyl (C=O) groups is 1. The van der Waals surface area contributed by atoms with Gasteiger partial charge >= 0.3 is 6.09 Å². The first-order chi connectivity index (χ1) is 13.4. The number of nitrogens with zero attached hydrogens (tertiary/aromatic N) is 3. The minimum Gasteiger partial charge on any atom is -0.444 e. The molecule has 1 aromatic heterocycles. The minimum absolute atomic E-state index is 0.264. The minimum atomic E-state index is -0.388. The highest BCUT2D eigenvalue weighted by Crippen LogP contribution is 2.33. The fourth-order valence-corrected chi connectivity index (χ4v) is 2.68. The Labute approximate surface area is 184 Å². The zero-order valence-electron chi connectivity index (χ0n) is 18.5. The first kappa shape index (κ1) is 25.1. The summed E-state index contributed by atoms with van der Waals surface area (Å²) >= 11 is 12.2. The Balaban J connectivity index is 0.000000331. The van der Waals surface area contributed by atoms with Crippen molar-refractivity contribution in [3.63, 3.8) is 0 Å². The van der Waals surface area contributed by atoms with E-state index in [1.807, 2.05) is 64.5 Å². The average Bonchev–Trinajstić information content (AvgIpc) is 3.03. The summed E-state index contributed by atoms with van der Waals surface area (Å²) in [4.78, 5) is 12.6. The molecule has 0 saturated heterocycles. The van der Waals surface area contributed by atoms with Gasteiger partial charge in [-0.15, -0.1) is 0 Å². The van der Waals surface area contributed by atoms with Gasteiger partial charge in [0, 0.05) is 26.2 Å². The monoisotopic (exact) mass is 439 g/mol. The zero-order valence-corrected chi connectivity index (χ0v) is 20.0. The van der Waals surface area contributed by atoms with Gasteiger partial charge in [0.25, 0.3) is 0 Å². The van der Waals surface area contributed by atoms with E-state index in [9.17, 15) is 4.79 Å². The Morgan fingerprint density at radius 3 is 2.45 bits per heavy atom. The Bertz CT molecular complexity index is 867. The van der Waals surface area contributed by atoms with Gasteiger partial charge in [0.1, 0.15) is 5.60 Å². The fourth-order valence-electron chi connectivity index (χ4n) is 2.29. The lowest BCUT2D eigenvalue weighted by molar-refractivity contribution is 0.0308. The number of hydrogen-bond donors (Lipinski definition) is 0. The molecule has 1 amide bonds. The molecule has 0 aliphatic carbocycles. The topological polar surface area (TPSA) is 47.4 Å². The lowest BCUT2D eigenvalue weighted by atomic mass is 10.1. The van der Waals surface area contributed by atoms with E-state index in [1.54, 1.807) is 13.1 Å². The molecule has 0 aliphatic rings. The van der Waals surface area contributed by atoms with E-state index < -0.39 is 0 Å². The summed E-state index contributed by atoms with van der Waals surface area (Å²) in [6.45, 7) is 12.2. The van der Waals surface area contributed by atoms with E-state index in [1.165, 1.54) is 10.5 Å². The molecule has 0 radical (unpaired) electrons. The molecule has 0 saturated carbocycles. The van der Waals surface area contributed by atoms with Crippen LogP contribution in [-0.4, -0.2) is 40.0 Å². The van der Waals surface area contributed by atoms with Crippen LogP contribution < -0.4 is 0 Å². The van der Waals surface area contributed by atoms with Crippen LogP contribution in [0.5, 0.6) is 0 Å². The summed E-state index contributed by atoms with van der Waals surface area (Å²) < 4.78 is 6.93. The van der Waals surface area contributed by atoms with Crippen molar-refractivity contribution in [1.82, 2.24) is 14.7 Å². The van der Waals surface area contributed by atoms with Gasteiger partial charge in [-0.3, -0.25) is 4.68 Å². The molecule has 0 bridgehead atoms. The van der Waals surface area contributed by atoms with Crippen LogP contribution in [0, 0.1) is 0 Å². The van der Waals surface area contributed by atoms with Crippen LogP contribution in [0.4, 0.5) is 4.79 Å². The van der Waals surface area contributed by atoms with E-state index in [0.717, 1.165) is 17.0 Å². The third-order valence-electron chi connectivity index (χ3n) is 4.12. The van der Waals surface area contributed by atoms with Crippen molar-refractivity contribution in [2.75, 3.05) is 13.6 Å². The van der Waals surface area contributed by atoms with E-state index in [-0.39, 0.29) is 11.7 Å². The Morgan fingerprint density at radius 2 is 1.93 bits per heavy atom. The molecule has 29 heavy (non-hydrogen) atoms. The van der Waals surface area contributed by atoms with E-state index in [2.05, 4.69) is 18.1 Å². The molecule has 5 nitrogen and oxygen atoms in total. The van der Waals surface area contributed by atoms with Crippen LogP contribution in [0.2, 0.25) is 10.0 Å². The van der Waals surface area contributed by atoms with Gasteiger partial charge in [-0.1, -0.05) is 41.4 Å². The predicted molar refractivity (Wildman–Crippen MR) is 123 cm³/mol. The molecule has 0 aliphatic heterocycles. The summed E-state index contributed by atoms with van der Waals surface area (Å²) in [6, 6.07) is 7.59. The molecule has 1 heterocycles. The van der Waals surface area contributed by atoms with Crippen LogP contribution in [0.3, 0.4) is 0 Å². The number of carbonyl (C=O) groups excluding carboxylic acids is 1. The molecular weight excluding hydrogens is 409 g/mol. The maximum atomic E-state index is 11.1. The normalized spacial score (nSPS) is 11.6. The first-order valence-electron chi connectivity index (χ1n) is 9.47. The lowest BCUT2D eigenvalue weighted by Crippen LogP contribution is -2.33. The molecule has 2 aromatic rings. The van der Waals surface area contributed by atoms with Gasteiger partial charge in [0.05, 0.1) is 21.4 Å². The third-order valence-corrected chi connectivity index (χ3v) is 4.94. The second-order valence-corrected chi connectivity index (χ2v) is 8.39. The van der Waals surface area contributed by atoms with Gasteiger partial charge in [-0.05, 0) is 59.2 Å². The predicted octanol–water partition coefficient (Wildman–Crippen LogP) is 6.69. The molecule has 7 heteroatoms. The summed E-state index contributed by atoms with van der Waals surface area (Å²) in [5.74, 6) is 0. The van der Waals surface area contributed by atoms with E-state index in [4.69, 9.17) is 27.9 Å². The van der Waals surface area contributed by atoms with E-state index >= 15 is 0 Å². The third kappa shape index (κ3) is 7.41. The molecular formula is C22H31Cl2N3O2. The maximum Gasteiger partial charge on any atom is 0.410 e. The van der Waals surface area contributed by atoms with Crippen molar-refractivity contribution in [3.05, 3.63) is 46.1 Å². The standard InChI is InChI=1S/C14H14Cl2N2.C8H17NO2/c1-4-9(2)13-8-12(17-18(13)3)10-6-5-7-11(15)14(10)16;1-6-9(5)7(10)11-8(2,3)4/h4-8H,1-3H3;6H2,1-5H3/b9-4+;. The fraction of sp³-hybridized carbons (Fsp3) is 0.455. The Kier molecular flexibility index (Phi) is 9.24. The number of rotatable bonds is 3. The zero-order chi connectivity index (χ0) is 22.4. The van der Waals surface area contributed by atoms with Crippen molar-refractivity contribution < 1.29 is 9.53 Å². The van der Waals surface area contributed by atoms with Crippen LogP contribution in [0.1, 0.15) is 47.2 Å². The molecule has 0 atom stereocenters. The van der Waals surface area contributed by atoms with Gasteiger partial charge in [0.2, 0.25) is 0 Å². The van der Waals surface area contributed by atoms with Crippen molar-refractivity contribution in [2.24, 2.45) is 7.05 Å². The van der Waals surface area contributed by atoms with Gasteiger partial charge in [0.15, 0.2) is 0 Å². The molecule has 0 fully saturated rings. The number of ether oxygens (including phenoxy) is 1. The van der Waals surface area contributed by atoms with Crippen molar-refractivity contribution in [1.29, 1.82) is 0 Å². The van der Waals surface area contributed by atoms with Gasteiger partial charge < -0.3 is 9.64 Å². The molecule has 0 unspecified atom stereocenters. The summed E-state index contributed by atoms with van der Waals surface area (Å²) in [5, 5.41) is 5.57. The van der Waals surface area contributed by atoms with Crippen molar-refractivity contribution >= 4 is 34.9 Å². The number of aromatic nitrogens is 2. The average molecular weight is 440 g/mol. The smallest absolute Gasteiger partial charge is 0.410 e. The number of allylic oxidation sites excluding steroid dienone is 2. The molecule has 2 rings (SSSR count). The second kappa shape index (κ2) is 10.7. The Hall–Kier alpha value is -1.98. The van der Waals surface area contributed by atoms with Gasteiger partial charge in [-0.25, -0.2) is 4.79 Å². The molecule has 0 spiro atoms. The number of aryl methyl sites for hydroxylation is 1. The van der Waals surface area contributed by atoms with Gasteiger partial charge in [-0.2, -0.15) is 5.10 Å². The first-order valence-corrected chi connectivity index (χ1v) is 10.2. The highest BCUT2D eigenvalue weighted by molar-refractivity contribution is 6.43. The van der Waals surface area contributed by atoms with E-state index in [0.29, 0.717) is 16.6 Å². The highest BCUT2D eigenvalue weighted by atomic mass is 35.5. The second-order valence-electron chi connectivity index (χ2n) is 7.61. The number of benzene rings is 1. The molecule has 0 N–H and O–H groups in total. The summed E-state index contributed by atoms with van der Waals surface area (Å²) in [5.41, 5.74) is 3.55. The Morgan fingerprint density at radius 1 is 1.31 bits per heavy atom. The van der Waals surface area contributed by atoms with Crippen LogP contribution in [0.15, 0.2) is 30.3 Å². The molecule has 160 valence electrons. The summed E-state index contributed by atoms with van der Waals surface area (Å²) in [7, 11) is 3.64. The van der Waals surface area contributed by atoms with Crippen LogP contribution >= 0.6 is 23.2 Å². The SMILES string of the molecule is C/C=C(\C)c1cc(-c2cccc(Cl)c2Cl)nn1C.CCN(C)C(=O)OC(C)(C)C. The van der Waals surface area contributed by atoms with Crippen LogP contribution in [-0.2, 0) is 11.8 Å². The van der Waals surface area contributed by atoms with Crippen LogP contribution in [0.25, 0.3) is 16.8 Å². The number of hydrogen-bond acceptors (Lipinski definition) is 3. The lowest BCUT2D eigenvalue weighted by Gasteiger charge is -2.23. The van der Waals surface area contributed by atoms with Crippen molar-refractivity contribution in [3.8, 4) is 11.3 Å². The number of halogens is 2. The highest BCUT2D eigenvalue weighted by Gasteiger charge is 2.18. The number of amides is 1. The van der Waals surface area contributed by atoms with Crippen molar-refractivity contribution in [2.45, 2.75) is 47.1 Å². The largest absolute Gasteiger partial charge is 0.444 e. The quantitative estimate of drug-likeness (QED) is 0.534.